The minimum atomic E-state index is -0.124. The highest BCUT2D eigenvalue weighted by atomic mass is 16.5. The van der Waals surface area contributed by atoms with Gasteiger partial charge in [-0.1, -0.05) is 6.42 Å². The van der Waals surface area contributed by atoms with Gasteiger partial charge in [0.1, 0.15) is 0 Å². The molecule has 2 N–H and O–H groups in total. The van der Waals surface area contributed by atoms with Crippen LogP contribution in [-0.2, 0) is 12.8 Å². The van der Waals surface area contributed by atoms with E-state index in [9.17, 15) is 4.79 Å². The molecule has 1 aliphatic carbocycles. The molecule has 1 aromatic heterocycles. The molecule has 0 fully saturated rings. The summed E-state index contributed by atoms with van der Waals surface area (Å²) in [6.07, 6.45) is 5.88. The van der Waals surface area contributed by atoms with Crippen molar-refractivity contribution in [3.8, 4) is 11.5 Å². The van der Waals surface area contributed by atoms with Gasteiger partial charge in [-0.2, -0.15) is 0 Å². The van der Waals surface area contributed by atoms with Gasteiger partial charge in [0.05, 0.1) is 14.2 Å². The van der Waals surface area contributed by atoms with E-state index in [-0.39, 0.29) is 5.91 Å². The number of anilines is 1. The first-order chi connectivity index (χ1) is 13.6. The highest BCUT2D eigenvalue weighted by Gasteiger charge is 2.17. The monoisotopic (exact) mass is 378 g/mol. The van der Waals surface area contributed by atoms with E-state index in [0.29, 0.717) is 17.1 Å². The summed E-state index contributed by atoms with van der Waals surface area (Å²) in [7, 11) is 3.19. The summed E-state index contributed by atoms with van der Waals surface area (Å²) in [4.78, 5) is 16.5. The van der Waals surface area contributed by atoms with E-state index in [1.807, 2.05) is 31.2 Å². The molecule has 2 aromatic carbocycles. The van der Waals surface area contributed by atoms with Crippen molar-refractivity contribution >= 4 is 22.5 Å². The molecule has 5 nitrogen and oxygen atoms in total. The van der Waals surface area contributed by atoms with E-state index in [1.54, 1.807) is 20.3 Å². The molecule has 0 saturated carbocycles. The van der Waals surface area contributed by atoms with Crippen molar-refractivity contribution in [2.24, 2.45) is 0 Å². The van der Waals surface area contributed by atoms with Gasteiger partial charge in [0, 0.05) is 33.9 Å². The Morgan fingerprint density at radius 1 is 1.00 bits per heavy atom. The van der Waals surface area contributed by atoms with Crippen LogP contribution in [0.1, 0.15) is 46.4 Å². The zero-order valence-corrected chi connectivity index (χ0v) is 16.6. The summed E-state index contributed by atoms with van der Waals surface area (Å²) in [5.41, 5.74) is 6.13. The number of ether oxygens (including phenoxy) is 2. The van der Waals surface area contributed by atoms with Gasteiger partial charge in [0.25, 0.3) is 5.91 Å². The van der Waals surface area contributed by atoms with Crippen LogP contribution in [0.2, 0.25) is 0 Å². The number of carbonyl (C=O) groups excluding carboxylic acids is 1. The topological polar surface area (TPSA) is 63.3 Å². The van der Waals surface area contributed by atoms with Gasteiger partial charge < -0.3 is 19.8 Å². The van der Waals surface area contributed by atoms with E-state index in [0.717, 1.165) is 29.6 Å². The second-order valence-corrected chi connectivity index (χ2v) is 7.38. The van der Waals surface area contributed by atoms with Gasteiger partial charge in [-0.05, 0) is 68.0 Å². The fraction of sp³-hybridized carbons (Fsp3) is 0.348. The fourth-order valence-electron chi connectivity index (χ4n) is 4.03. The number of aryl methyl sites for hydroxylation is 3. The van der Waals surface area contributed by atoms with Gasteiger partial charge in [0.15, 0.2) is 11.5 Å². The summed E-state index contributed by atoms with van der Waals surface area (Å²) in [5.74, 6) is 1.12. The third kappa shape index (κ3) is 3.33. The van der Waals surface area contributed by atoms with Crippen LogP contribution in [0, 0.1) is 6.92 Å². The number of H-pyrrole nitrogens is 1. The molecule has 3 aromatic rings. The third-order valence-electron chi connectivity index (χ3n) is 5.59. The SMILES string of the molecule is COc1cc(C)c(NC(=O)c2ccc3[nH]c4c(c3c2)CCCCC4)cc1OC. The lowest BCUT2D eigenvalue weighted by Gasteiger charge is -2.14. The van der Waals surface area contributed by atoms with Crippen molar-refractivity contribution in [2.75, 3.05) is 19.5 Å². The molecule has 1 heterocycles. The van der Waals surface area contributed by atoms with Crippen LogP contribution in [0.4, 0.5) is 5.69 Å². The molecule has 0 bridgehead atoms. The molecular weight excluding hydrogens is 352 g/mol. The Hall–Kier alpha value is -2.95. The lowest BCUT2D eigenvalue weighted by Crippen LogP contribution is -2.13. The average molecular weight is 378 g/mol. The minimum absolute atomic E-state index is 0.124. The second-order valence-electron chi connectivity index (χ2n) is 7.38. The molecule has 0 radical (unpaired) electrons. The van der Waals surface area contributed by atoms with Crippen LogP contribution in [-0.4, -0.2) is 25.1 Å². The number of amides is 1. The number of hydrogen-bond donors (Lipinski definition) is 2. The number of fused-ring (bicyclic) bond motifs is 3. The van der Waals surface area contributed by atoms with Crippen LogP contribution < -0.4 is 14.8 Å². The first-order valence-corrected chi connectivity index (χ1v) is 9.78. The Morgan fingerprint density at radius 2 is 1.75 bits per heavy atom. The zero-order chi connectivity index (χ0) is 19.7. The molecule has 28 heavy (non-hydrogen) atoms. The van der Waals surface area contributed by atoms with Gasteiger partial charge >= 0.3 is 0 Å². The molecule has 1 amide bonds. The van der Waals surface area contributed by atoms with Gasteiger partial charge in [-0.25, -0.2) is 0 Å². The van der Waals surface area contributed by atoms with E-state index >= 15 is 0 Å². The van der Waals surface area contributed by atoms with Crippen molar-refractivity contribution in [3.63, 3.8) is 0 Å². The number of aromatic amines is 1. The molecule has 5 heteroatoms. The molecule has 1 aliphatic rings. The van der Waals surface area contributed by atoms with Crippen molar-refractivity contribution in [3.05, 3.63) is 52.7 Å². The number of carbonyl (C=O) groups is 1. The summed E-state index contributed by atoms with van der Waals surface area (Å²) in [5, 5.41) is 4.19. The van der Waals surface area contributed by atoms with E-state index < -0.39 is 0 Å². The number of hydrogen-bond acceptors (Lipinski definition) is 3. The molecule has 0 aliphatic heterocycles. The predicted molar refractivity (Wildman–Crippen MR) is 112 cm³/mol. The average Bonchev–Trinajstić information content (AvgIpc) is 2.88. The lowest BCUT2D eigenvalue weighted by atomic mass is 10.0. The van der Waals surface area contributed by atoms with Crippen LogP contribution in [0.5, 0.6) is 11.5 Å². The smallest absolute Gasteiger partial charge is 0.255 e. The Labute approximate surface area is 165 Å². The molecule has 0 unspecified atom stereocenters. The van der Waals surface area contributed by atoms with Gasteiger partial charge in [0.2, 0.25) is 0 Å². The number of rotatable bonds is 4. The van der Waals surface area contributed by atoms with Crippen molar-refractivity contribution in [2.45, 2.75) is 39.0 Å². The Morgan fingerprint density at radius 3 is 2.54 bits per heavy atom. The van der Waals surface area contributed by atoms with Crippen LogP contribution in [0.3, 0.4) is 0 Å². The van der Waals surface area contributed by atoms with Crippen molar-refractivity contribution < 1.29 is 14.3 Å². The first kappa shape index (κ1) is 18.4. The summed E-state index contributed by atoms with van der Waals surface area (Å²) in [6.45, 7) is 1.94. The summed E-state index contributed by atoms with van der Waals surface area (Å²) < 4.78 is 10.7. The first-order valence-electron chi connectivity index (χ1n) is 9.78. The number of methoxy groups -OCH3 is 2. The van der Waals surface area contributed by atoms with Crippen LogP contribution in [0.25, 0.3) is 10.9 Å². The van der Waals surface area contributed by atoms with E-state index in [2.05, 4.69) is 10.3 Å². The second kappa shape index (κ2) is 7.58. The lowest BCUT2D eigenvalue weighted by molar-refractivity contribution is 0.102. The minimum Gasteiger partial charge on any atom is -0.493 e. The van der Waals surface area contributed by atoms with Crippen molar-refractivity contribution in [1.29, 1.82) is 0 Å². The molecule has 4 rings (SSSR count). The third-order valence-corrected chi connectivity index (χ3v) is 5.59. The number of aromatic nitrogens is 1. The fourth-order valence-corrected chi connectivity index (χ4v) is 4.03. The predicted octanol–water partition coefficient (Wildman–Crippen LogP) is 5.01. The highest BCUT2D eigenvalue weighted by molar-refractivity contribution is 6.07. The Kier molecular flexibility index (Phi) is 4.99. The zero-order valence-electron chi connectivity index (χ0n) is 16.6. The maximum Gasteiger partial charge on any atom is 0.255 e. The van der Waals surface area contributed by atoms with E-state index in [4.69, 9.17) is 9.47 Å². The summed E-state index contributed by atoms with van der Waals surface area (Å²) >= 11 is 0. The van der Waals surface area contributed by atoms with Crippen LogP contribution in [0.15, 0.2) is 30.3 Å². The van der Waals surface area contributed by atoms with Crippen LogP contribution >= 0.6 is 0 Å². The Bertz CT molecular complexity index is 1040. The molecule has 0 atom stereocenters. The van der Waals surface area contributed by atoms with E-state index in [1.165, 1.54) is 35.9 Å². The molecule has 0 saturated heterocycles. The molecule has 146 valence electrons. The van der Waals surface area contributed by atoms with Gasteiger partial charge in [-0.15, -0.1) is 0 Å². The van der Waals surface area contributed by atoms with Crippen molar-refractivity contribution in [1.82, 2.24) is 4.98 Å². The normalized spacial score (nSPS) is 13.7. The quantitative estimate of drug-likeness (QED) is 0.627. The summed E-state index contributed by atoms with van der Waals surface area (Å²) in [6, 6.07) is 9.57. The number of nitrogens with one attached hydrogen (secondary N) is 2. The molecule has 0 spiro atoms. The Balaban J connectivity index is 1.65. The standard InChI is InChI=1S/C23H26N2O3/c1-14-11-21(27-2)22(28-3)13-20(14)25-23(26)15-9-10-19-17(12-15)16-7-5-4-6-8-18(16)24-19/h9-13,24H,4-8H2,1-3H3,(H,25,26). The highest BCUT2D eigenvalue weighted by Crippen LogP contribution is 2.33. The molecular formula is C23H26N2O3. The maximum atomic E-state index is 12.9. The van der Waals surface area contributed by atoms with Gasteiger partial charge in [-0.3, -0.25) is 4.79 Å². The largest absolute Gasteiger partial charge is 0.493 e. The number of benzene rings is 2. The maximum absolute atomic E-state index is 12.9.